The molecule has 2 aromatic heterocycles. The van der Waals surface area contributed by atoms with Crippen molar-refractivity contribution in [2.75, 3.05) is 6.54 Å². The van der Waals surface area contributed by atoms with Crippen molar-refractivity contribution in [2.24, 2.45) is 0 Å². The number of fused-ring (bicyclic) bond motifs is 3. The van der Waals surface area contributed by atoms with Gasteiger partial charge in [-0.1, -0.05) is 12.1 Å². The molecule has 1 amide bonds. The third kappa shape index (κ3) is 2.45. The zero-order chi connectivity index (χ0) is 17.6. The summed E-state index contributed by atoms with van der Waals surface area (Å²) in [5.41, 5.74) is 1.55. The Bertz CT molecular complexity index is 996. The van der Waals surface area contributed by atoms with Gasteiger partial charge >= 0.3 is 5.69 Å². The number of likely N-dealkylation sites (tertiary alicyclic amines) is 1. The second kappa shape index (κ2) is 6.06. The molecule has 1 saturated heterocycles. The zero-order valence-corrected chi connectivity index (χ0v) is 14.7. The van der Waals surface area contributed by atoms with Crippen LogP contribution in [-0.2, 0) is 17.9 Å². The highest BCUT2D eigenvalue weighted by atomic mass is 16.2. The Balaban J connectivity index is 1.75. The Morgan fingerprint density at radius 2 is 2.00 bits per heavy atom. The summed E-state index contributed by atoms with van der Waals surface area (Å²) < 4.78 is 4.91. The minimum Gasteiger partial charge on any atom is -0.338 e. The fourth-order valence-electron chi connectivity index (χ4n) is 3.87. The number of benzene rings is 1. The molecule has 0 bridgehead atoms. The molecule has 0 aliphatic carbocycles. The number of piperidine rings is 1. The lowest BCUT2D eigenvalue weighted by atomic mass is 10.0. The molecule has 1 unspecified atom stereocenters. The van der Waals surface area contributed by atoms with E-state index in [1.165, 1.54) is 4.68 Å². The van der Waals surface area contributed by atoms with E-state index in [4.69, 9.17) is 0 Å². The summed E-state index contributed by atoms with van der Waals surface area (Å²) in [6.45, 7) is 5.58. The standard InChI is InChI=1S/C18H23N5O2/c1-3-20-14-9-4-5-10-15(14)23-17(20)19-22(18(23)25)12-16(24)21-11-7-6-8-13(21)2/h4-5,9-10,13H,3,6-8,11-12H2,1-2H3. The van der Waals surface area contributed by atoms with E-state index in [2.05, 4.69) is 12.0 Å². The normalized spacial score (nSPS) is 18.3. The molecule has 1 fully saturated rings. The van der Waals surface area contributed by atoms with E-state index < -0.39 is 0 Å². The third-order valence-corrected chi connectivity index (χ3v) is 5.20. The van der Waals surface area contributed by atoms with Crippen LogP contribution >= 0.6 is 0 Å². The fraction of sp³-hybridized carbons (Fsp3) is 0.500. The average molecular weight is 341 g/mol. The number of hydrogen-bond donors (Lipinski definition) is 0. The Morgan fingerprint density at radius 1 is 1.24 bits per heavy atom. The number of aryl methyl sites for hydroxylation is 1. The number of carbonyl (C=O) groups excluding carboxylic acids is 1. The van der Waals surface area contributed by atoms with Gasteiger partial charge in [-0.25, -0.2) is 13.9 Å². The minimum absolute atomic E-state index is 0.00287. The van der Waals surface area contributed by atoms with E-state index in [1.807, 2.05) is 40.7 Å². The molecule has 1 aromatic carbocycles. The monoisotopic (exact) mass is 341 g/mol. The third-order valence-electron chi connectivity index (χ3n) is 5.20. The van der Waals surface area contributed by atoms with Gasteiger partial charge in [0.2, 0.25) is 11.7 Å². The molecule has 4 rings (SSSR count). The van der Waals surface area contributed by atoms with Crippen LogP contribution in [0.3, 0.4) is 0 Å². The summed E-state index contributed by atoms with van der Waals surface area (Å²) in [6, 6.07) is 7.99. The second-order valence-corrected chi connectivity index (χ2v) is 6.74. The summed E-state index contributed by atoms with van der Waals surface area (Å²) in [5.74, 6) is 0.565. The summed E-state index contributed by atoms with van der Waals surface area (Å²) in [5, 5.41) is 4.46. The first-order valence-corrected chi connectivity index (χ1v) is 8.98. The summed E-state index contributed by atoms with van der Waals surface area (Å²) in [4.78, 5) is 27.4. The maximum absolute atomic E-state index is 12.9. The van der Waals surface area contributed by atoms with Crippen LogP contribution in [0.4, 0.5) is 0 Å². The summed E-state index contributed by atoms with van der Waals surface area (Å²) in [7, 11) is 0. The molecule has 132 valence electrons. The molecular formula is C18H23N5O2. The first-order chi connectivity index (χ1) is 12.1. The molecule has 0 saturated carbocycles. The van der Waals surface area contributed by atoms with Crippen LogP contribution < -0.4 is 5.69 Å². The second-order valence-electron chi connectivity index (χ2n) is 6.74. The van der Waals surface area contributed by atoms with Crippen LogP contribution in [0.1, 0.15) is 33.1 Å². The largest absolute Gasteiger partial charge is 0.352 e. The van der Waals surface area contributed by atoms with Gasteiger partial charge in [0.25, 0.3) is 0 Å². The maximum Gasteiger partial charge on any atom is 0.352 e. The van der Waals surface area contributed by atoms with Crippen molar-refractivity contribution in [3.05, 3.63) is 34.7 Å². The van der Waals surface area contributed by atoms with Crippen molar-refractivity contribution in [1.29, 1.82) is 0 Å². The summed E-state index contributed by atoms with van der Waals surface area (Å²) >= 11 is 0. The molecule has 0 N–H and O–H groups in total. The van der Waals surface area contributed by atoms with E-state index in [-0.39, 0.29) is 24.2 Å². The van der Waals surface area contributed by atoms with Crippen LogP contribution in [0.15, 0.2) is 29.1 Å². The van der Waals surface area contributed by atoms with Crippen molar-refractivity contribution in [3.63, 3.8) is 0 Å². The number of amides is 1. The fourth-order valence-corrected chi connectivity index (χ4v) is 3.87. The van der Waals surface area contributed by atoms with Gasteiger partial charge in [-0.15, -0.1) is 5.10 Å². The number of para-hydroxylation sites is 2. The predicted octanol–water partition coefficient (Wildman–Crippen LogP) is 1.87. The highest BCUT2D eigenvalue weighted by Gasteiger charge is 2.25. The van der Waals surface area contributed by atoms with Crippen LogP contribution in [-0.4, -0.2) is 42.1 Å². The van der Waals surface area contributed by atoms with Crippen molar-refractivity contribution in [2.45, 2.75) is 52.2 Å². The molecule has 7 heteroatoms. The topological polar surface area (TPSA) is 64.5 Å². The van der Waals surface area contributed by atoms with Gasteiger partial charge in [0.05, 0.1) is 11.0 Å². The predicted molar refractivity (Wildman–Crippen MR) is 95.6 cm³/mol. The highest BCUT2D eigenvalue weighted by molar-refractivity contribution is 5.81. The maximum atomic E-state index is 12.9. The molecule has 25 heavy (non-hydrogen) atoms. The Labute approximate surface area is 145 Å². The number of imidazole rings is 1. The van der Waals surface area contributed by atoms with Crippen molar-refractivity contribution in [1.82, 2.24) is 23.6 Å². The number of carbonyl (C=O) groups is 1. The molecule has 0 spiro atoms. The van der Waals surface area contributed by atoms with Gasteiger partial charge in [0.1, 0.15) is 6.54 Å². The first kappa shape index (κ1) is 15.9. The van der Waals surface area contributed by atoms with Gasteiger partial charge < -0.3 is 9.47 Å². The molecule has 1 aliphatic rings. The Hall–Kier alpha value is -2.57. The quantitative estimate of drug-likeness (QED) is 0.730. The first-order valence-electron chi connectivity index (χ1n) is 8.98. The molecule has 1 atom stereocenters. The van der Waals surface area contributed by atoms with Crippen LogP contribution in [0.2, 0.25) is 0 Å². The van der Waals surface area contributed by atoms with Gasteiger partial charge in [-0.05, 0) is 45.2 Å². The molecular weight excluding hydrogens is 318 g/mol. The van der Waals surface area contributed by atoms with E-state index in [0.29, 0.717) is 12.3 Å². The lowest BCUT2D eigenvalue weighted by Gasteiger charge is -2.33. The zero-order valence-electron chi connectivity index (χ0n) is 14.7. The van der Waals surface area contributed by atoms with Crippen molar-refractivity contribution >= 4 is 22.7 Å². The van der Waals surface area contributed by atoms with Gasteiger partial charge in [-0.3, -0.25) is 4.79 Å². The van der Waals surface area contributed by atoms with E-state index >= 15 is 0 Å². The number of nitrogens with zero attached hydrogens (tertiary/aromatic N) is 5. The average Bonchev–Trinajstić information content (AvgIpc) is 3.09. The van der Waals surface area contributed by atoms with E-state index in [9.17, 15) is 9.59 Å². The van der Waals surface area contributed by atoms with E-state index in [1.54, 1.807) is 4.40 Å². The SMILES string of the molecule is CCn1c2ccccc2n2c(=O)n(CC(=O)N3CCCCC3C)nc12. The van der Waals surface area contributed by atoms with Gasteiger partial charge in [0, 0.05) is 19.1 Å². The number of rotatable bonds is 3. The molecule has 3 heterocycles. The molecule has 7 nitrogen and oxygen atoms in total. The van der Waals surface area contributed by atoms with Gasteiger partial charge in [0.15, 0.2) is 0 Å². The molecule has 0 radical (unpaired) electrons. The number of aromatic nitrogens is 4. The van der Waals surface area contributed by atoms with Crippen molar-refractivity contribution in [3.8, 4) is 0 Å². The Kier molecular flexibility index (Phi) is 3.86. The lowest BCUT2D eigenvalue weighted by molar-refractivity contribution is -0.135. The smallest absolute Gasteiger partial charge is 0.338 e. The van der Waals surface area contributed by atoms with Crippen molar-refractivity contribution < 1.29 is 4.79 Å². The Morgan fingerprint density at radius 3 is 2.72 bits per heavy atom. The van der Waals surface area contributed by atoms with Crippen LogP contribution in [0.5, 0.6) is 0 Å². The van der Waals surface area contributed by atoms with Gasteiger partial charge in [-0.2, -0.15) is 0 Å². The minimum atomic E-state index is -0.253. The summed E-state index contributed by atoms with van der Waals surface area (Å²) in [6.07, 6.45) is 3.21. The highest BCUT2D eigenvalue weighted by Crippen LogP contribution is 2.19. The van der Waals surface area contributed by atoms with Crippen LogP contribution in [0, 0.1) is 0 Å². The number of hydrogen-bond acceptors (Lipinski definition) is 3. The van der Waals surface area contributed by atoms with E-state index in [0.717, 1.165) is 36.8 Å². The molecule has 1 aliphatic heterocycles. The van der Waals surface area contributed by atoms with Crippen LogP contribution in [0.25, 0.3) is 16.8 Å². The molecule has 3 aromatic rings. The lowest BCUT2D eigenvalue weighted by Crippen LogP contribution is -2.44.